The molecule has 1 aliphatic rings. The molecule has 0 atom stereocenters. The van der Waals surface area contributed by atoms with E-state index < -0.39 is 0 Å². The van der Waals surface area contributed by atoms with Gasteiger partial charge >= 0.3 is 0 Å². The molecule has 0 saturated heterocycles. The monoisotopic (exact) mass is 388 g/mol. The lowest BCUT2D eigenvalue weighted by atomic mass is 10.0. The number of halogens is 2. The number of hydrogen-bond acceptors (Lipinski definition) is 4. The van der Waals surface area contributed by atoms with Crippen LogP contribution in [0.1, 0.15) is 22.8 Å². The third-order valence-corrected chi connectivity index (χ3v) is 5.14. The first-order chi connectivity index (χ1) is 12.2. The van der Waals surface area contributed by atoms with Crippen LogP contribution >= 0.6 is 35.0 Å². The molecular weight excluding hydrogens is 375 g/mol. The van der Waals surface area contributed by atoms with Gasteiger partial charge in [-0.25, -0.2) is 0 Å². The number of fused-ring (bicyclic) bond motifs is 3. The van der Waals surface area contributed by atoms with E-state index in [4.69, 9.17) is 28.2 Å². The second kappa shape index (κ2) is 6.83. The minimum atomic E-state index is 0.439. The van der Waals surface area contributed by atoms with Gasteiger partial charge in [0.05, 0.1) is 17.2 Å². The fourth-order valence-electron chi connectivity index (χ4n) is 2.97. The molecular formula is C18H14Cl2N4S. The third-order valence-electron chi connectivity index (χ3n) is 4.03. The van der Waals surface area contributed by atoms with Crippen molar-refractivity contribution in [2.75, 3.05) is 6.26 Å². The van der Waals surface area contributed by atoms with Crippen molar-refractivity contribution in [1.82, 2.24) is 14.8 Å². The van der Waals surface area contributed by atoms with Crippen LogP contribution in [0.3, 0.4) is 0 Å². The second-order valence-corrected chi connectivity index (χ2v) is 7.32. The maximum Gasteiger partial charge on any atom is 0.159 e. The normalized spacial score (nSPS) is 13.0. The first-order valence-corrected chi connectivity index (χ1v) is 9.86. The van der Waals surface area contributed by atoms with Crippen molar-refractivity contribution in [3.8, 4) is 5.69 Å². The van der Waals surface area contributed by atoms with Crippen LogP contribution in [0.25, 0.3) is 5.69 Å². The van der Waals surface area contributed by atoms with Gasteiger partial charge in [0, 0.05) is 21.2 Å². The predicted molar refractivity (Wildman–Crippen MR) is 104 cm³/mol. The molecule has 25 heavy (non-hydrogen) atoms. The molecule has 4 rings (SSSR count). The minimum absolute atomic E-state index is 0.439. The molecule has 7 heteroatoms. The Balaban J connectivity index is 1.98. The van der Waals surface area contributed by atoms with Gasteiger partial charge in [0.25, 0.3) is 0 Å². The molecule has 0 fully saturated rings. The van der Waals surface area contributed by atoms with Crippen molar-refractivity contribution in [3.63, 3.8) is 0 Å². The molecule has 2 aromatic carbocycles. The molecule has 0 bridgehead atoms. The molecule has 0 N–H and O–H groups in total. The zero-order chi connectivity index (χ0) is 17.4. The summed E-state index contributed by atoms with van der Waals surface area (Å²) in [5, 5.41) is 9.98. The van der Waals surface area contributed by atoms with Gasteiger partial charge in [-0.15, -0.1) is 10.2 Å². The van der Waals surface area contributed by atoms with Gasteiger partial charge in [0.2, 0.25) is 0 Å². The predicted octanol–water partition coefficient (Wildman–Crippen LogP) is 4.79. The summed E-state index contributed by atoms with van der Waals surface area (Å²) in [7, 11) is 0. The second-order valence-electron chi connectivity index (χ2n) is 5.61. The zero-order valence-corrected chi connectivity index (χ0v) is 15.7. The van der Waals surface area contributed by atoms with E-state index in [0.717, 1.165) is 39.9 Å². The van der Waals surface area contributed by atoms with Crippen molar-refractivity contribution in [2.24, 2.45) is 4.99 Å². The number of thioether (sulfide) groups is 1. The van der Waals surface area contributed by atoms with E-state index in [0.29, 0.717) is 16.6 Å². The van der Waals surface area contributed by atoms with Gasteiger partial charge in [-0.1, -0.05) is 41.4 Å². The van der Waals surface area contributed by atoms with Crippen molar-refractivity contribution in [1.29, 1.82) is 0 Å². The number of aromatic nitrogens is 3. The number of nitrogens with zero attached hydrogens (tertiary/aromatic N) is 4. The highest BCUT2D eigenvalue weighted by Crippen LogP contribution is 2.30. The van der Waals surface area contributed by atoms with Crippen molar-refractivity contribution >= 4 is 40.7 Å². The van der Waals surface area contributed by atoms with Crippen LogP contribution in [0.4, 0.5) is 0 Å². The molecule has 0 radical (unpaired) electrons. The van der Waals surface area contributed by atoms with E-state index in [1.807, 2.05) is 48.7 Å². The van der Waals surface area contributed by atoms with Gasteiger partial charge in [-0.2, -0.15) is 11.8 Å². The largest absolute Gasteiger partial charge is 0.280 e. The van der Waals surface area contributed by atoms with E-state index in [-0.39, 0.29) is 0 Å². The molecule has 0 saturated carbocycles. The van der Waals surface area contributed by atoms with E-state index in [1.165, 1.54) is 0 Å². The minimum Gasteiger partial charge on any atom is -0.280 e. The Hall–Kier alpha value is -1.82. The summed E-state index contributed by atoms with van der Waals surface area (Å²) in [5.41, 5.74) is 3.62. The summed E-state index contributed by atoms with van der Waals surface area (Å²) in [5.74, 6) is 2.49. The summed E-state index contributed by atoms with van der Waals surface area (Å²) < 4.78 is 2.08. The molecule has 3 aromatic rings. The summed E-state index contributed by atoms with van der Waals surface area (Å²) >= 11 is 14.4. The Morgan fingerprint density at radius 2 is 1.92 bits per heavy atom. The topological polar surface area (TPSA) is 43.1 Å². The molecule has 0 aliphatic carbocycles. The Bertz CT molecular complexity index is 981. The van der Waals surface area contributed by atoms with Crippen LogP contribution in [-0.4, -0.2) is 26.7 Å². The fourth-order valence-corrected chi connectivity index (χ4v) is 3.81. The Kier molecular flexibility index (Phi) is 4.54. The summed E-state index contributed by atoms with van der Waals surface area (Å²) in [4.78, 5) is 4.79. The fraction of sp³-hybridized carbons (Fsp3) is 0.167. The number of benzene rings is 2. The third kappa shape index (κ3) is 2.97. The Morgan fingerprint density at radius 3 is 2.72 bits per heavy atom. The number of hydrogen-bond donors (Lipinski definition) is 0. The smallest absolute Gasteiger partial charge is 0.159 e. The van der Waals surface area contributed by atoms with Crippen LogP contribution in [0.5, 0.6) is 0 Å². The highest BCUT2D eigenvalue weighted by molar-refractivity contribution is 7.97. The Labute approximate surface area is 159 Å². The van der Waals surface area contributed by atoms with Crippen LogP contribution in [0, 0.1) is 0 Å². The number of rotatable bonds is 3. The van der Waals surface area contributed by atoms with E-state index >= 15 is 0 Å². The average Bonchev–Trinajstić information content (AvgIpc) is 2.92. The van der Waals surface area contributed by atoms with Crippen LogP contribution < -0.4 is 0 Å². The lowest BCUT2D eigenvalue weighted by Gasteiger charge is -2.14. The zero-order valence-electron chi connectivity index (χ0n) is 13.4. The summed E-state index contributed by atoms with van der Waals surface area (Å²) in [6.07, 6.45) is 2.05. The Morgan fingerprint density at radius 1 is 1.08 bits per heavy atom. The SMILES string of the molecule is CSCc1nnc2n1-c1ccc(Cl)cc1C(c1ccccc1Cl)=NC2. The molecule has 0 spiro atoms. The van der Waals surface area contributed by atoms with Gasteiger partial charge < -0.3 is 0 Å². The molecule has 0 amide bonds. The molecule has 1 aliphatic heterocycles. The standard InChI is InChI=1S/C18H14Cl2N4S/c1-25-10-17-23-22-16-9-21-18(12-4-2-3-5-14(12)20)13-8-11(19)6-7-15(13)24(16)17/h2-8H,9-10H2,1H3. The molecule has 4 nitrogen and oxygen atoms in total. The maximum absolute atomic E-state index is 6.43. The highest BCUT2D eigenvalue weighted by atomic mass is 35.5. The van der Waals surface area contributed by atoms with Crippen LogP contribution in [0.2, 0.25) is 10.0 Å². The molecule has 0 unspecified atom stereocenters. The van der Waals surface area contributed by atoms with Crippen LogP contribution in [0.15, 0.2) is 47.5 Å². The lowest BCUT2D eigenvalue weighted by molar-refractivity contribution is 0.859. The van der Waals surface area contributed by atoms with E-state index in [2.05, 4.69) is 14.8 Å². The summed E-state index contributed by atoms with van der Waals surface area (Å²) in [6.45, 7) is 0.439. The molecule has 2 heterocycles. The van der Waals surface area contributed by atoms with Crippen molar-refractivity contribution in [2.45, 2.75) is 12.3 Å². The van der Waals surface area contributed by atoms with Gasteiger partial charge in [0.1, 0.15) is 12.4 Å². The quantitative estimate of drug-likeness (QED) is 0.647. The maximum atomic E-state index is 6.43. The highest BCUT2D eigenvalue weighted by Gasteiger charge is 2.23. The van der Waals surface area contributed by atoms with Crippen molar-refractivity contribution in [3.05, 3.63) is 75.3 Å². The first kappa shape index (κ1) is 16.6. The average molecular weight is 389 g/mol. The van der Waals surface area contributed by atoms with Gasteiger partial charge in [-0.05, 0) is 30.5 Å². The van der Waals surface area contributed by atoms with E-state index in [9.17, 15) is 0 Å². The van der Waals surface area contributed by atoms with Crippen LogP contribution in [-0.2, 0) is 12.3 Å². The van der Waals surface area contributed by atoms with Gasteiger partial charge in [-0.3, -0.25) is 9.56 Å². The summed E-state index contributed by atoms with van der Waals surface area (Å²) in [6, 6.07) is 13.5. The first-order valence-electron chi connectivity index (χ1n) is 7.71. The lowest BCUT2D eigenvalue weighted by Crippen LogP contribution is -2.09. The molecule has 126 valence electrons. The molecule has 1 aromatic heterocycles. The number of aliphatic imine (C=N–C) groups is 1. The van der Waals surface area contributed by atoms with E-state index in [1.54, 1.807) is 11.8 Å². The van der Waals surface area contributed by atoms with Crippen molar-refractivity contribution < 1.29 is 0 Å². The van der Waals surface area contributed by atoms with Gasteiger partial charge in [0.15, 0.2) is 5.82 Å².